The van der Waals surface area contributed by atoms with Crippen LogP contribution in [0.5, 0.6) is 0 Å². The Labute approximate surface area is 159 Å². The Bertz CT molecular complexity index is 803. The molecule has 1 aromatic rings. The van der Waals surface area contributed by atoms with Crippen molar-refractivity contribution in [2.45, 2.75) is 62.7 Å². The normalized spacial score (nSPS) is 23.4. The van der Waals surface area contributed by atoms with Gasteiger partial charge >= 0.3 is 0 Å². The third kappa shape index (κ3) is 4.85. The molecule has 2 heterocycles. The molecule has 2 aliphatic heterocycles. The van der Waals surface area contributed by atoms with Gasteiger partial charge in [0.1, 0.15) is 11.9 Å². The maximum Gasteiger partial charge on any atom is 0.268 e. The quantitative estimate of drug-likeness (QED) is 0.686. The van der Waals surface area contributed by atoms with Gasteiger partial charge in [-0.2, -0.15) is 0 Å². The highest BCUT2D eigenvalue weighted by molar-refractivity contribution is 7.90. The van der Waals surface area contributed by atoms with E-state index in [1.54, 1.807) is 18.2 Å². The van der Waals surface area contributed by atoms with E-state index < -0.39 is 28.3 Å². The smallest absolute Gasteiger partial charge is 0.268 e. The molecule has 8 nitrogen and oxygen atoms in total. The largest absolute Gasteiger partial charge is 0.350 e. The SMILES string of the molecule is CCCCC(N=C1NS(=O)(=O)c2ccccc21)C(=O)NOC1CCCCO1. The van der Waals surface area contributed by atoms with Gasteiger partial charge in [-0.3, -0.25) is 14.5 Å². The molecule has 1 aromatic carbocycles. The lowest BCUT2D eigenvalue weighted by molar-refractivity contribution is -0.201. The molecule has 2 unspecified atom stereocenters. The van der Waals surface area contributed by atoms with Gasteiger partial charge < -0.3 is 4.74 Å². The van der Waals surface area contributed by atoms with Gasteiger partial charge in [-0.25, -0.2) is 18.7 Å². The summed E-state index contributed by atoms with van der Waals surface area (Å²) in [5.74, 6) is -0.218. The fourth-order valence-corrected chi connectivity index (χ4v) is 4.27. The second-order valence-corrected chi connectivity index (χ2v) is 8.27. The first-order chi connectivity index (χ1) is 13.0. The fourth-order valence-electron chi connectivity index (χ4n) is 3.03. The van der Waals surface area contributed by atoms with Crippen molar-refractivity contribution in [1.29, 1.82) is 0 Å². The topological polar surface area (TPSA) is 106 Å². The molecular weight excluding hydrogens is 370 g/mol. The van der Waals surface area contributed by atoms with Crippen LogP contribution < -0.4 is 10.2 Å². The van der Waals surface area contributed by atoms with Crippen molar-refractivity contribution in [1.82, 2.24) is 10.2 Å². The van der Waals surface area contributed by atoms with Crippen LogP contribution in [0, 0.1) is 0 Å². The number of amides is 1. The summed E-state index contributed by atoms with van der Waals surface area (Å²) in [6.45, 7) is 2.63. The summed E-state index contributed by atoms with van der Waals surface area (Å²) < 4.78 is 32.3. The maximum atomic E-state index is 12.6. The predicted molar refractivity (Wildman–Crippen MR) is 99.4 cm³/mol. The summed E-state index contributed by atoms with van der Waals surface area (Å²) >= 11 is 0. The lowest BCUT2D eigenvalue weighted by atomic mass is 10.1. The number of hydrogen-bond acceptors (Lipinski definition) is 6. The molecule has 0 saturated carbocycles. The first-order valence-corrected chi connectivity index (χ1v) is 10.8. The molecule has 0 bridgehead atoms. The number of nitrogens with one attached hydrogen (secondary N) is 2. The van der Waals surface area contributed by atoms with Crippen LogP contribution in [-0.2, 0) is 24.4 Å². The summed E-state index contributed by atoms with van der Waals surface area (Å²) in [5.41, 5.74) is 2.91. The molecule has 2 atom stereocenters. The lowest BCUT2D eigenvalue weighted by Gasteiger charge is -2.23. The number of aliphatic imine (C=N–C) groups is 1. The molecule has 148 valence electrons. The van der Waals surface area contributed by atoms with Gasteiger partial charge in [-0.1, -0.05) is 31.9 Å². The van der Waals surface area contributed by atoms with Crippen molar-refractivity contribution < 1.29 is 22.8 Å². The summed E-state index contributed by atoms with van der Waals surface area (Å²) in [6.07, 6.45) is 4.41. The zero-order valence-corrected chi connectivity index (χ0v) is 16.1. The average Bonchev–Trinajstić information content (AvgIpc) is 2.94. The summed E-state index contributed by atoms with van der Waals surface area (Å²) in [5, 5.41) is 0. The number of hydroxylamine groups is 1. The average molecular weight is 395 g/mol. The fraction of sp³-hybridized carbons (Fsp3) is 0.556. The molecule has 0 radical (unpaired) electrons. The molecular formula is C18H25N3O5S. The number of hydrogen-bond donors (Lipinski definition) is 2. The second-order valence-electron chi connectivity index (χ2n) is 6.62. The first-order valence-electron chi connectivity index (χ1n) is 9.28. The molecule has 1 amide bonds. The van der Waals surface area contributed by atoms with Crippen LogP contribution >= 0.6 is 0 Å². The van der Waals surface area contributed by atoms with Crippen molar-refractivity contribution in [2.24, 2.45) is 4.99 Å². The van der Waals surface area contributed by atoms with Gasteiger partial charge in [0.25, 0.3) is 15.9 Å². The number of benzene rings is 1. The predicted octanol–water partition coefficient (Wildman–Crippen LogP) is 1.86. The van der Waals surface area contributed by atoms with Gasteiger partial charge in [0.15, 0.2) is 6.29 Å². The van der Waals surface area contributed by atoms with Gasteiger partial charge in [0.2, 0.25) is 0 Å². The minimum atomic E-state index is -3.64. The molecule has 1 fully saturated rings. The summed E-state index contributed by atoms with van der Waals surface area (Å²) in [6, 6.07) is 5.83. The molecule has 0 spiro atoms. The van der Waals surface area contributed by atoms with Gasteiger partial charge in [0, 0.05) is 18.6 Å². The Kier molecular flexibility index (Phi) is 6.46. The van der Waals surface area contributed by atoms with Crippen LogP contribution in [0.2, 0.25) is 0 Å². The number of unbranched alkanes of at least 4 members (excludes halogenated alkanes) is 1. The van der Waals surface area contributed by atoms with E-state index in [0.29, 0.717) is 18.6 Å². The van der Waals surface area contributed by atoms with E-state index in [0.717, 1.165) is 32.1 Å². The van der Waals surface area contributed by atoms with Crippen LogP contribution in [0.4, 0.5) is 0 Å². The zero-order valence-electron chi connectivity index (χ0n) is 15.3. The molecule has 2 aliphatic rings. The number of carbonyl (C=O) groups is 1. The van der Waals surface area contributed by atoms with Gasteiger partial charge in [0.05, 0.1) is 4.90 Å². The van der Waals surface area contributed by atoms with Crippen LogP contribution in [0.1, 0.15) is 51.0 Å². The molecule has 1 saturated heterocycles. The van der Waals surface area contributed by atoms with E-state index in [1.165, 1.54) is 6.07 Å². The summed E-state index contributed by atoms with van der Waals surface area (Å²) in [7, 11) is -3.64. The first kappa shape index (κ1) is 19.8. The Morgan fingerprint density at radius 3 is 2.96 bits per heavy atom. The standard InChI is InChI=1S/C18H25N3O5S/c1-2-3-9-14(18(22)20-26-16-11-6-7-12-25-16)19-17-13-8-4-5-10-15(13)27(23,24)21-17/h4-5,8,10,14,16H,2-3,6-7,9,11-12H2,1H3,(H,19,21)(H,20,22). The zero-order chi connectivity index (χ0) is 19.3. The second kappa shape index (κ2) is 8.81. The highest BCUT2D eigenvalue weighted by Gasteiger charge is 2.32. The van der Waals surface area contributed by atoms with Crippen LogP contribution in [0.25, 0.3) is 0 Å². The summed E-state index contributed by atoms with van der Waals surface area (Å²) in [4.78, 5) is 22.5. The monoisotopic (exact) mass is 395 g/mol. The van der Waals surface area contributed by atoms with E-state index in [1.807, 2.05) is 6.92 Å². The van der Waals surface area contributed by atoms with E-state index in [4.69, 9.17) is 9.57 Å². The third-order valence-corrected chi connectivity index (χ3v) is 5.91. The van der Waals surface area contributed by atoms with E-state index in [2.05, 4.69) is 15.2 Å². The number of rotatable bonds is 7. The molecule has 0 aromatic heterocycles. The number of sulfonamides is 1. The van der Waals surface area contributed by atoms with Crippen molar-refractivity contribution in [3.05, 3.63) is 29.8 Å². The van der Waals surface area contributed by atoms with Crippen LogP contribution in [-0.4, -0.2) is 39.1 Å². The minimum absolute atomic E-state index is 0.172. The van der Waals surface area contributed by atoms with Crippen LogP contribution in [0.3, 0.4) is 0 Å². The molecule has 0 aliphatic carbocycles. The van der Waals surface area contributed by atoms with Gasteiger partial charge in [-0.15, -0.1) is 0 Å². The highest BCUT2D eigenvalue weighted by atomic mass is 32.2. The number of fused-ring (bicyclic) bond motifs is 1. The molecule has 9 heteroatoms. The van der Waals surface area contributed by atoms with Crippen molar-refractivity contribution in [2.75, 3.05) is 6.61 Å². The van der Waals surface area contributed by atoms with Crippen molar-refractivity contribution in [3.8, 4) is 0 Å². The molecule has 27 heavy (non-hydrogen) atoms. The Balaban J connectivity index is 1.74. The Morgan fingerprint density at radius 2 is 2.22 bits per heavy atom. The Morgan fingerprint density at radius 1 is 1.41 bits per heavy atom. The number of ether oxygens (including phenoxy) is 1. The molecule has 3 rings (SSSR count). The van der Waals surface area contributed by atoms with Gasteiger partial charge in [-0.05, 0) is 31.4 Å². The minimum Gasteiger partial charge on any atom is -0.350 e. The lowest BCUT2D eigenvalue weighted by Crippen LogP contribution is -2.39. The number of nitrogens with zero attached hydrogens (tertiary/aromatic N) is 1. The highest BCUT2D eigenvalue weighted by Crippen LogP contribution is 2.23. The van der Waals surface area contributed by atoms with Crippen molar-refractivity contribution in [3.63, 3.8) is 0 Å². The molecule has 2 N–H and O–H groups in total. The van der Waals surface area contributed by atoms with E-state index >= 15 is 0 Å². The number of carbonyl (C=O) groups excluding carboxylic acids is 1. The number of amidine groups is 1. The van der Waals surface area contributed by atoms with E-state index in [-0.39, 0.29) is 10.7 Å². The third-order valence-electron chi connectivity index (χ3n) is 4.51. The van der Waals surface area contributed by atoms with Crippen molar-refractivity contribution >= 4 is 21.8 Å². The maximum absolute atomic E-state index is 12.6. The Hall–Kier alpha value is -1.97. The van der Waals surface area contributed by atoms with Crippen LogP contribution in [0.15, 0.2) is 34.2 Å². The van der Waals surface area contributed by atoms with E-state index in [9.17, 15) is 13.2 Å².